The molecule has 0 saturated heterocycles. The summed E-state index contributed by atoms with van der Waals surface area (Å²) >= 11 is 0. The van der Waals surface area contributed by atoms with Crippen LogP contribution in [0.5, 0.6) is 0 Å². The van der Waals surface area contributed by atoms with E-state index in [0.717, 1.165) is 12.8 Å². The highest BCUT2D eigenvalue weighted by molar-refractivity contribution is 7.89. The fourth-order valence-corrected chi connectivity index (χ4v) is 2.99. The molecule has 0 unspecified atom stereocenters. The lowest BCUT2D eigenvalue weighted by Gasteiger charge is -2.07. The van der Waals surface area contributed by atoms with Crippen molar-refractivity contribution < 1.29 is 13.2 Å². The van der Waals surface area contributed by atoms with Crippen LogP contribution in [-0.2, 0) is 21.9 Å². The molecule has 19 heavy (non-hydrogen) atoms. The summed E-state index contributed by atoms with van der Waals surface area (Å²) in [7, 11) is -2.23. The Morgan fingerprint density at radius 1 is 1.53 bits per heavy atom. The first-order valence-electron chi connectivity index (χ1n) is 5.89. The van der Waals surface area contributed by atoms with Gasteiger partial charge in [-0.1, -0.05) is 0 Å². The van der Waals surface area contributed by atoms with E-state index < -0.39 is 10.0 Å². The maximum atomic E-state index is 12.1. The van der Waals surface area contributed by atoms with E-state index in [0.29, 0.717) is 5.69 Å². The van der Waals surface area contributed by atoms with Crippen LogP contribution in [0.1, 0.15) is 18.5 Å². The summed E-state index contributed by atoms with van der Waals surface area (Å²) in [6.07, 6.45) is 1.90. The number of hydrogen-bond acceptors (Lipinski definition) is 5. The number of anilines is 1. The summed E-state index contributed by atoms with van der Waals surface area (Å²) in [5, 5.41) is 6.53. The highest BCUT2D eigenvalue weighted by atomic mass is 32.2. The predicted octanol–water partition coefficient (Wildman–Crippen LogP) is -1.13. The third kappa shape index (κ3) is 3.04. The Balaban J connectivity index is 2.07. The van der Waals surface area contributed by atoms with Crippen molar-refractivity contribution in [2.45, 2.75) is 30.7 Å². The Morgan fingerprint density at radius 2 is 2.16 bits per heavy atom. The molecule has 1 aliphatic carbocycles. The van der Waals surface area contributed by atoms with E-state index in [9.17, 15) is 13.2 Å². The smallest absolute Gasteiger partial charge is 0.246 e. The lowest BCUT2D eigenvalue weighted by atomic mass is 10.5. The molecule has 0 atom stereocenters. The van der Waals surface area contributed by atoms with E-state index in [1.807, 2.05) is 0 Å². The maximum absolute atomic E-state index is 12.1. The largest absolute Gasteiger partial charge is 0.381 e. The molecule has 2 rings (SSSR count). The van der Waals surface area contributed by atoms with Gasteiger partial charge in [-0.25, -0.2) is 13.1 Å². The molecule has 1 aromatic heterocycles. The van der Waals surface area contributed by atoms with Crippen LogP contribution in [0.2, 0.25) is 0 Å². The number of nitrogen functional groups attached to an aromatic ring is 1. The van der Waals surface area contributed by atoms with Gasteiger partial charge in [-0.3, -0.25) is 9.48 Å². The Morgan fingerprint density at radius 3 is 2.63 bits per heavy atom. The van der Waals surface area contributed by atoms with Crippen molar-refractivity contribution in [2.75, 3.05) is 12.3 Å². The summed E-state index contributed by atoms with van der Waals surface area (Å²) < 4.78 is 27.8. The fraction of sp³-hybridized carbons (Fsp3) is 0.600. The lowest BCUT2D eigenvalue weighted by Crippen LogP contribution is -2.38. The van der Waals surface area contributed by atoms with Crippen LogP contribution in [0.3, 0.4) is 0 Å². The number of aryl methyl sites for hydroxylation is 1. The van der Waals surface area contributed by atoms with Crippen LogP contribution in [0.15, 0.2) is 4.90 Å². The number of carbonyl (C=O) groups excluding carboxylic acids is 1. The first kappa shape index (κ1) is 13.8. The highest BCUT2D eigenvalue weighted by Gasteiger charge is 2.27. The molecule has 9 heteroatoms. The van der Waals surface area contributed by atoms with Crippen molar-refractivity contribution in [3.05, 3.63) is 5.69 Å². The highest BCUT2D eigenvalue weighted by Crippen LogP contribution is 2.21. The van der Waals surface area contributed by atoms with Gasteiger partial charge in [0, 0.05) is 13.1 Å². The van der Waals surface area contributed by atoms with Crippen LogP contribution in [0, 0.1) is 6.92 Å². The molecule has 1 amide bonds. The van der Waals surface area contributed by atoms with E-state index in [1.54, 1.807) is 14.0 Å². The van der Waals surface area contributed by atoms with Crippen molar-refractivity contribution >= 4 is 21.7 Å². The van der Waals surface area contributed by atoms with Crippen molar-refractivity contribution in [1.29, 1.82) is 0 Å². The topological polar surface area (TPSA) is 119 Å². The zero-order chi connectivity index (χ0) is 14.2. The second-order valence-electron chi connectivity index (χ2n) is 4.59. The van der Waals surface area contributed by atoms with Crippen LogP contribution in [0.4, 0.5) is 5.82 Å². The number of sulfonamides is 1. The number of amides is 1. The van der Waals surface area contributed by atoms with Gasteiger partial charge in [0.15, 0.2) is 5.82 Å². The number of aromatic nitrogens is 2. The van der Waals surface area contributed by atoms with Crippen LogP contribution < -0.4 is 15.8 Å². The molecule has 1 aromatic rings. The molecule has 0 aliphatic heterocycles. The second kappa shape index (κ2) is 4.82. The van der Waals surface area contributed by atoms with E-state index in [4.69, 9.17) is 5.73 Å². The molecular weight excluding hydrogens is 270 g/mol. The minimum atomic E-state index is -3.83. The first-order chi connectivity index (χ1) is 8.81. The summed E-state index contributed by atoms with van der Waals surface area (Å²) in [6.45, 7) is 1.30. The SMILES string of the molecule is Cc1c(S(=O)(=O)NCC(=O)NC2CC2)c(N)nn1C. The zero-order valence-corrected chi connectivity index (χ0v) is 11.6. The van der Waals surface area contributed by atoms with Crippen LogP contribution >= 0.6 is 0 Å². The van der Waals surface area contributed by atoms with Gasteiger partial charge in [0.25, 0.3) is 0 Å². The Labute approximate surface area is 111 Å². The van der Waals surface area contributed by atoms with E-state index in [-0.39, 0.29) is 29.2 Å². The minimum absolute atomic E-state index is 0.0740. The number of rotatable bonds is 5. The average molecular weight is 287 g/mol. The predicted molar refractivity (Wildman–Crippen MR) is 68.7 cm³/mol. The van der Waals surface area contributed by atoms with Gasteiger partial charge in [-0.15, -0.1) is 0 Å². The molecule has 0 spiro atoms. The van der Waals surface area contributed by atoms with Crippen molar-refractivity contribution in [2.24, 2.45) is 7.05 Å². The van der Waals surface area contributed by atoms with Crippen molar-refractivity contribution in [3.8, 4) is 0 Å². The van der Waals surface area contributed by atoms with Gasteiger partial charge in [0.2, 0.25) is 15.9 Å². The number of carbonyl (C=O) groups is 1. The van der Waals surface area contributed by atoms with Gasteiger partial charge in [-0.05, 0) is 19.8 Å². The van der Waals surface area contributed by atoms with Gasteiger partial charge < -0.3 is 11.1 Å². The van der Waals surface area contributed by atoms with Gasteiger partial charge in [0.05, 0.1) is 12.2 Å². The summed E-state index contributed by atoms with van der Waals surface area (Å²) in [4.78, 5) is 11.4. The monoisotopic (exact) mass is 287 g/mol. The maximum Gasteiger partial charge on any atom is 0.246 e. The van der Waals surface area contributed by atoms with E-state index in [1.165, 1.54) is 4.68 Å². The summed E-state index contributed by atoms with van der Waals surface area (Å²) in [5.74, 6) is -0.415. The molecule has 8 nitrogen and oxygen atoms in total. The number of nitrogens with two attached hydrogens (primary N) is 1. The summed E-state index contributed by atoms with van der Waals surface area (Å²) in [5.41, 5.74) is 6.00. The molecule has 4 N–H and O–H groups in total. The quantitative estimate of drug-likeness (QED) is 0.633. The number of nitrogens with zero attached hydrogens (tertiary/aromatic N) is 2. The third-order valence-corrected chi connectivity index (χ3v) is 4.50. The number of nitrogens with one attached hydrogen (secondary N) is 2. The van der Waals surface area contributed by atoms with Crippen LogP contribution in [-0.4, -0.2) is 36.7 Å². The zero-order valence-electron chi connectivity index (χ0n) is 10.8. The second-order valence-corrected chi connectivity index (χ2v) is 6.29. The number of hydrogen-bond donors (Lipinski definition) is 3. The van der Waals surface area contributed by atoms with Gasteiger partial charge >= 0.3 is 0 Å². The summed E-state index contributed by atoms with van der Waals surface area (Å²) in [6, 6.07) is 0.196. The minimum Gasteiger partial charge on any atom is -0.381 e. The fourth-order valence-electron chi connectivity index (χ4n) is 1.69. The normalized spacial score (nSPS) is 15.5. The van der Waals surface area contributed by atoms with Gasteiger partial charge in [0.1, 0.15) is 4.90 Å². The molecule has 1 heterocycles. The van der Waals surface area contributed by atoms with E-state index >= 15 is 0 Å². The Kier molecular flexibility index (Phi) is 3.50. The molecule has 0 radical (unpaired) electrons. The van der Waals surface area contributed by atoms with Crippen LogP contribution in [0.25, 0.3) is 0 Å². The van der Waals surface area contributed by atoms with Gasteiger partial charge in [-0.2, -0.15) is 5.10 Å². The standard InChI is InChI=1S/C10H17N5O3S/c1-6-9(10(11)14-15(6)2)19(17,18)12-5-8(16)13-7-3-4-7/h7,12H,3-5H2,1-2H3,(H2,11,14)(H,13,16). The average Bonchev–Trinajstić information content (AvgIpc) is 3.05. The van der Waals surface area contributed by atoms with Crippen molar-refractivity contribution in [3.63, 3.8) is 0 Å². The molecule has 1 fully saturated rings. The molecule has 1 saturated carbocycles. The Hall–Kier alpha value is -1.61. The van der Waals surface area contributed by atoms with E-state index in [2.05, 4.69) is 15.1 Å². The molecule has 0 bridgehead atoms. The third-order valence-electron chi connectivity index (χ3n) is 2.94. The Bertz CT molecular complexity index is 603. The molecule has 106 valence electrons. The molecule has 1 aliphatic rings. The van der Waals surface area contributed by atoms with Crippen molar-refractivity contribution in [1.82, 2.24) is 19.8 Å². The molecular formula is C10H17N5O3S. The molecule has 0 aromatic carbocycles. The first-order valence-corrected chi connectivity index (χ1v) is 7.37. The lowest BCUT2D eigenvalue weighted by molar-refractivity contribution is -0.120.